The average molecular weight is 354 g/mol. The largest absolute Gasteiger partial charge is 0.497 e. The molecule has 2 aromatic rings. The van der Waals surface area contributed by atoms with Gasteiger partial charge in [-0.1, -0.05) is 30.3 Å². The number of benzene rings is 2. The minimum Gasteiger partial charge on any atom is -0.497 e. The lowest BCUT2D eigenvalue weighted by atomic mass is 10.1. The molecule has 0 saturated heterocycles. The highest BCUT2D eigenvalue weighted by molar-refractivity contribution is 5.94. The lowest BCUT2D eigenvalue weighted by molar-refractivity contribution is -0.124. The van der Waals surface area contributed by atoms with Crippen molar-refractivity contribution in [3.05, 3.63) is 65.7 Å². The van der Waals surface area contributed by atoms with Crippen LogP contribution in [0.5, 0.6) is 11.5 Å². The van der Waals surface area contributed by atoms with Gasteiger partial charge in [0.25, 0.3) is 0 Å². The van der Waals surface area contributed by atoms with Gasteiger partial charge in [-0.3, -0.25) is 9.59 Å². The summed E-state index contributed by atoms with van der Waals surface area (Å²) in [5.41, 5.74) is 1.73. The fourth-order valence-corrected chi connectivity index (χ4v) is 2.21. The van der Waals surface area contributed by atoms with Crippen molar-refractivity contribution < 1.29 is 19.1 Å². The lowest BCUT2D eigenvalue weighted by Crippen LogP contribution is -2.35. The van der Waals surface area contributed by atoms with Gasteiger partial charge in [0.15, 0.2) is 0 Å². The zero-order chi connectivity index (χ0) is 18.8. The molecule has 0 heterocycles. The van der Waals surface area contributed by atoms with Crippen LogP contribution in [0.1, 0.15) is 11.1 Å². The second-order valence-electron chi connectivity index (χ2n) is 5.42. The maximum atomic E-state index is 11.9. The van der Waals surface area contributed by atoms with Crippen LogP contribution in [0.25, 0.3) is 6.08 Å². The molecule has 0 aromatic heterocycles. The Morgan fingerprint density at radius 1 is 1.00 bits per heavy atom. The Morgan fingerprint density at radius 3 is 2.46 bits per heavy atom. The number of rotatable bonds is 8. The quantitative estimate of drug-likeness (QED) is 0.712. The normalized spacial score (nSPS) is 10.4. The summed E-state index contributed by atoms with van der Waals surface area (Å²) in [6.45, 7) is 0.337. The SMILES string of the molecule is COc1ccc(/C=C/C(=O)NCC(=O)NCc2ccccc2)c(OC)c1. The van der Waals surface area contributed by atoms with Gasteiger partial charge in [0.2, 0.25) is 11.8 Å². The summed E-state index contributed by atoms with van der Waals surface area (Å²) in [6, 6.07) is 14.9. The molecule has 2 amide bonds. The van der Waals surface area contributed by atoms with Gasteiger partial charge in [-0.2, -0.15) is 0 Å². The molecule has 0 radical (unpaired) electrons. The summed E-state index contributed by atoms with van der Waals surface area (Å²) >= 11 is 0. The van der Waals surface area contributed by atoms with Crippen molar-refractivity contribution >= 4 is 17.9 Å². The van der Waals surface area contributed by atoms with E-state index in [1.54, 1.807) is 38.5 Å². The van der Waals surface area contributed by atoms with Crippen LogP contribution in [-0.2, 0) is 16.1 Å². The molecule has 136 valence electrons. The molecule has 0 aliphatic carbocycles. The van der Waals surface area contributed by atoms with E-state index in [0.29, 0.717) is 18.0 Å². The van der Waals surface area contributed by atoms with E-state index < -0.39 is 0 Å². The number of ether oxygens (including phenoxy) is 2. The minimum absolute atomic E-state index is 0.0875. The van der Waals surface area contributed by atoms with Gasteiger partial charge in [0.1, 0.15) is 11.5 Å². The summed E-state index contributed by atoms with van der Waals surface area (Å²) in [6.07, 6.45) is 2.98. The summed E-state index contributed by atoms with van der Waals surface area (Å²) < 4.78 is 10.4. The molecule has 6 heteroatoms. The lowest BCUT2D eigenvalue weighted by Gasteiger charge is -2.07. The monoisotopic (exact) mass is 354 g/mol. The molecule has 26 heavy (non-hydrogen) atoms. The van der Waals surface area contributed by atoms with E-state index in [0.717, 1.165) is 11.1 Å². The first-order valence-electron chi connectivity index (χ1n) is 8.11. The second kappa shape index (κ2) is 9.88. The molecule has 0 aliphatic rings. The highest BCUT2D eigenvalue weighted by Gasteiger charge is 2.05. The Labute approximate surface area is 152 Å². The molecular formula is C20H22N2O4. The summed E-state index contributed by atoms with van der Waals surface area (Å²) in [4.78, 5) is 23.7. The summed E-state index contributed by atoms with van der Waals surface area (Å²) in [7, 11) is 3.11. The third kappa shape index (κ3) is 5.98. The third-order valence-electron chi connectivity index (χ3n) is 3.61. The van der Waals surface area contributed by atoms with E-state index in [9.17, 15) is 9.59 Å². The molecule has 0 atom stereocenters. The van der Waals surface area contributed by atoms with Crippen LogP contribution in [0.15, 0.2) is 54.6 Å². The van der Waals surface area contributed by atoms with Crippen LogP contribution >= 0.6 is 0 Å². The van der Waals surface area contributed by atoms with Crippen molar-refractivity contribution in [3.63, 3.8) is 0 Å². The number of hydrogen-bond acceptors (Lipinski definition) is 4. The Bertz CT molecular complexity index is 773. The summed E-state index contributed by atoms with van der Waals surface area (Å²) in [5.74, 6) is 0.642. The van der Waals surface area contributed by atoms with Gasteiger partial charge in [-0.25, -0.2) is 0 Å². The van der Waals surface area contributed by atoms with Crippen molar-refractivity contribution in [1.29, 1.82) is 0 Å². The number of carbonyl (C=O) groups excluding carboxylic acids is 2. The molecule has 0 spiro atoms. The maximum absolute atomic E-state index is 11.9. The van der Waals surface area contributed by atoms with Crippen LogP contribution in [0.2, 0.25) is 0 Å². The zero-order valence-corrected chi connectivity index (χ0v) is 14.8. The Hall–Kier alpha value is -3.28. The number of carbonyl (C=O) groups is 2. The van der Waals surface area contributed by atoms with Crippen molar-refractivity contribution in [2.75, 3.05) is 20.8 Å². The predicted octanol–water partition coefficient (Wildman–Crippen LogP) is 2.15. The fraction of sp³-hybridized carbons (Fsp3) is 0.200. The van der Waals surface area contributed by atoms with Crippen molar-refractivity contribution in [1.82, 2.24) is 10.6 Å². The second-order valence-corrected chi connectivity index (χ2v) is 5.42. The van der Waals surface area contributed by atoms with Gasteiger partial charge in [0.05, 0.1) is 20.8 Å². The minimum atomic E-state index is -0.363. The maximum Gasteiger partial charge on any atom is 0.244 e. The first kappa shape index (κ1) is 19.1. The number of amides is 2. The van der Waals surface area contributed by atoms with Crippen molar-refractivity contribution in [2.24, 2.45) is 0 Å². The van der Waals surface area contributed by atoms with Crippen LogP contribution in [-0.4, -0.2) is 32.6 Å². The van der Waals surface area contributed by atoms with E-state index >= 15 is 0 Å². The van der Waals surface area contributed by atoms with E-state index in [4.69, 9.17) is 9.47 Å². The Kier molecular flexibility index (Phi) is 7.24. The number of hydrogen-bond donors (Lipinski definition) is 2. The fourth-order valence-electron chi connectivity index (χ4n) is 2.21. The standard InChI is InChI=1S/C20H22N2O4/c1-25-17-10-8-16(18(12-17)26-2)9-11-19(23)22-14-20(24)21-13-15-6-4-3-5-7-15/h3-12H,13-14H2,1-2H3,(H,21,24)(H,22,23)/b11-9+. The average Bonchev–Trinajstić information content (AvgIpc) is 2.69. The van der Waals surface area contributed by atoms with E-state index in [2.05, 4.69) is 10.6 Å². The molecule has 0 aliphatic heterocycles. The molecule has 0 unspecified atom stereocenters. The van der Waals surface area contributed by atoms with Gasteiger partial charge in [-0.05, 0) is 23.8 Å². The molecular weight excluding hydrogens is 332 g/mol. The van der Waals surface area contributed by atoms with Crippen LogP contribution < -0.4 is 20.1 Å². The topological polar surface area (TPSA) is 76.7 Å². The van der Waals surface area contributed by atoms with Gasteiger partial charge < -0.3 is 20.1 Å². The van der Waals surface area contributed by atoms with E-state index in [-0.39, 0.29) is 18.4 Å². The first-order chi connectivity index (χ1) is 12.6. The highest BCUT2D eigenvalue weighted by atomic mass is 16.5. The van der Waals surface area contributed by atoms with Crippen LogP contribution in [0, 0.1) is 0 Å². The van der Waals surface area contributed by atoms with Crippen LogP contribution in [0.3, 0.4) is 0 Å². The smallest absolute Gasteiger partial charge is 0.244 e. The Morgan fingerprint density at radius 2 is 1.77 bits per heavy atom. The molecule has 2 aromatic carbocycles. The molecule has 2 rings (SSSR count). The van der Waals surface area contributed by atoms with E-state index in [1.807, 2.05) is 30.3 Å². The van der Waals surface area contributed by atoms with Crippen LogP contribution in [0.4, 0.5) is 0 Å². The van der Waals surface area contributed by atoms with Gasteiger partial charge in [-0.15, -0.1) is 0 Å². The van der Waals surface area contributed by atoms with Crippen molar-refractivity contribution in [3.8, 4) is 11.5 Å². The molecule has 0 fully saturated rings. The Balaban J connectivity index is 1.81. The molecule has 2 N–H and O–H groups in total. The van der Waals surface area contributed by atoms with E-state index in [1.165, 1.54) is 6.08 Å². The molecule has 6 nitrogen and oxygen atoms in total. The summed E-state index contributed by atoms with van der Waals surface area (Å²) in [5, 5.41) is 5.29. The van der Waals surface area contributed by atoms with Gasteiger partial charge in [0, 0.05) is 24.3 Å². The molecule has 0 bridgehead atoms. The third-order valence-corrected chi connectivity index (χ3v) is 3.61. The first-order valence-corrected chi connectivity index (χ1v) is 8.11. The number of nitrogens with one attached hydrogen (secondary N) is 2. The highest BCUT2D eigenvalue weighted by Crippen LogP contribution is 2.25. The zero-order valence-electron chi connectivity index (χ0n) is 14.8. The number of methoxy groups -OCH3 is 2. The molecule has 0 saturated carbocycles. The van der Waals surface area contributed by atoms with Gasteiger partial charge >= 0.3 is 0 Å². The predicted molar refractivity (Wildman–Crippen MR) is 99.9 cm³/mol. The van der Waals surface area contributed by atoms with Crippen molar-refractivity contribution in [2.45, 2.75) is 6.54 Å².